The minimum Gasteiger partial charge on any atom is -0.494 e. The summed E-state index contributed by atoms with van der Waals surface area (Å²) in [5, 5.41) is 0. The van der Waals surface area contributed by atoms with Crippen LogP contribution in [0.1, 0.15) is 27.2 Å². The summed E-state index contributed by atoms with van der Waals surface area (Å²) in [7, 11) is 0. The third-order valence-corrected chi connectivity index (χ3v) is 1.17. The molecule has 3 heteroatoms. The van der Waals surface area contributed by atoms with E-state index in [2.05, 4.69) is 13.8 Å². The molecule has 0 bridgehead atoms. The van der Waals surface area contributed by atoms with Crippen LogP contribution in [-0.2, 0) is 0 Å². The molecule has 0 atom stereocenters. The Bertz CT molecular complexity index is 229. The van der Waals surface area contributed by atoms with Crippen molar-refractivity contribution in [1.82, 2.24) is 0 Å². The van der Waals surface area contributed by atoms with Crippen molar-refractivity contribution in [2.75, 3.05) is 12.3 Å². The predicted molar refractivity (Wildman–Crippen MR) is 64.4 cm³/mol. The normalized spacial score (nSPS) is 7.40. The van der Waals surface area contributed by atoms with Gasteiger partial charge in [-0.15, -0.1) is 0 Å². The molecule has 0 saturated heterocycles. The zero-order chi connectivity index (χ0) is 10.1. The second-order valence-corrected chi connectivity index (χ2v) is 2.71. The van der Waals surface area contributed by atoms with Crippen molar-refractivity contribution in [1.29, 1.82) is 0 Å². The first-order valence-corrected chi connectivity index (χ1v) is 4.72. The number of rotatable bonds is 2. The molecule has 1 aromatic rings. The fraction of sp³-hybridized carbons (Fsp3) is 0.417. The summed E-state index contributed by atoms with van der Waals surface area (Å²) in [6, 6.07) is 7.41. The topological polar surface area (TPSA) is 35.2 Å². The van der Waals surface area contributed by atoms with Crippen LogP contribution in [0.5, 0.6) is 5.75 Å². The maximum atomic E-state index is 5.51. The Kier molecular flexibility index (Phi) is 20.1. The minimum atomic E-state index is 0. The van der Waals surface area contributed by atoms with E-state index in [9.17, 15) is 0 Å². The van der Waals surface area contributed by atoms with E-state index < -0.39 is 0 Å². The molecule has 0 radical (unpaired) electrons. The molecule has 1 aromatic carbocycles. The van der Waals surface area contributed by atoms with E-state index in [1.54, 1.807) is 0 Å². The van der Waals surface area contributed by atoms with Crippen LogP contribution in [-0.4, -0.2) is 6.61 Å². The van der Waals surface area contributed by atoms with Crippen LogP contribution in [0, 0.1) is 7.43 Å². The van der Waals surface area contributed by atoms with Crippen molar-refractivity contribution in [3.05, 3.63) is 31.7 Å². The predicted octanol–water partition coefficient (Wildman–Crippen LogP) is 0.538. The Balaban J connectivity index is -0.000000260. The molecule has 0 heterocycles. The second-order valence-electron chi connectivity index (χ2n) is 2.71. The second kappa shape index (κ2) is 14.5. The van der Waals surface area contributed by atoms with Gasteiger partial charge in [-0.1, -0.05) is 26.3 Å². The monoisotopic (exact) mass is 235 g/mol. The summed E-state index contributed by atoms with van der Waals surface area (Å²) in [6.45, 7) is 6.88. The van der Waals surface area contributed by atoms with Crippen LogP contribution in [0.25, 0.3) is 0 Å². The number of benzene rings is 1. The van der Waals surface area contributed by atoms with Crippen LogP contribution < -0.4 is 61.9 Å². The number of ether oxygens (including phenoxy) is 1. The molecule has 0 saturated carbocycles. The van der Waals surface area contributed by atoms with Crippen LogP contribution in [0.3, 0.4) is 0 Å². The summed E-state index contributed by atoms with van der Waals surface area (Å²) in [6.07, 6.45) is 1.25. The van der Waals surface area contributed by atoms with Gasteiger partial charge in [-0.05, 0) is 19.1 Å². The molecule has 2 nitrogen and oxygen atoms in total. The fourth-order valence-corrected chi connectivity index (χ4v) is 0.771. The van der Waals surface area contributed by atoms with Gasteiger partial charge in [-0.2, -0.15) is 0 Å². The number of nitrogens with two attached hydrogens (primary N) is 1. The van der Waals surface area contributed by atoms with Crippen LogP contribution in [0.2, 0.25) is 0 Å². The van der Waals surface area contributed by atoms with E-state index in [1.807, 2.05) is 31.2 Å². The molecular weight excluding hydrogens is 213 g/mol. The standard InChI is InChI=1S/C8H11NO.C3H8.CH3.K/c1-2-10-8-5-3-4-7(9)6-8;1-3-2;;/h3-6H,2,9H2,1H3;3H2,1-2H3;1H3;/q;;-1;+1. The van der Waals surface area contributed by atoms with E-state index in [-0.39, 0.29) is 58.8 Å². The number of hydrogen-bond acceptors (Lipinski definition) is 2. The maximum absolute atomic E-state index is 5.51. The molecule has 15 heavy (non-hydrogen) atoms. The molecule has 0 aliphatic rings. The fourth-order valence-electron chi connectivity index (χ4n) is 0.771. The van der Waals surface area contributed by atoms with Gasteiger partial charge in [-0.3, -0.25) is 0 Å². The molecule has 0 unspecified atom stereocenters. The van der Waals surface area contributed by atoms with E-state index >= 15 is 0 Å². The molecule has 0 fully saturated rings. The first-order valence-electron chi connectivity index (χ1n) is 4.72. The first-order chi connectivity index (χ1) is 6.24. The quantitative estimate of drug-likeness (QED) is 0.461. The van der Waals surface area contributed by atoms with Gasteiger partial charge in [0, 0.05) is 11.8 Å². The molecule has 0 spiro atoms. The van der Waals surface area contributed by atoms with Gasteiger partial charge < -0.3 is 17.9 Å². The summed E-state index contributed by atoms with van der Waals surface area (Å²) in [5.41, 5.74) is 6.25. The van der Waals surface area contributed by atoms with E-state index in [0.717, 1.165) is 11.4 Å². The van der Waals surface area contributed by atoms with E-state index in [4.69, 9.17) is 10.5 Å². The van der Waals surface area contributed by atoms with Crippen molar-refractivity contribution in [3.63, 3.8) is 0 Å². The Morgan fingerprint density at radius 2 is 1.73 bits per heavy atom. The van der Waals surface area contributed by atoms with Crippen LogP contribution in [0.15, 0.2) is 24.3 Å². The van der Waals surface area contributed by atoms with E-state index in [0.29, 0.717) is 6.61 Å². The third-order valence-electron chi connectivity index (χ3n) is 1.17. The van der Waals surface area contributed by atoms with Crippen molar-refractivity contribution in [2.45, 2.75) is 27.2 Å². The summed E-state index contributed by atoms with van der Waals surface area (Å²) in [5.74, 6) is 0.836. The largest absolute Gasteiger partial charge is 1.00 e. The molecule has 0 aliphatic carbocycles. The van der Waals surface area contributed by atoms with Crippen molar-refractivity contribution in [3.8, 4) is 5.75 Å². The zero-order valence-electron chi connectivity index (χ0n) is 10.7. The Morgan fingerprint density at radius 1 is 1.20 bits per heavy atom. The van der Waals surface area contributed by atoms with Gasteiger partial charge in [0.25, 0.3) is 0 Å². The molecule has 82 valence electrons. The number of anilines is 1. The van der Waals surface area contributed by atoms with Crippen LogP contribution >= 0.6 is 0 Å². The Hall–Kier alpha value is 0.456. The van der Waals surface area contributed by atoms with Gasteiger partial charge in [0.05, 0.1) is 6.61 Å². The van der Waals surface area contributed by atoms with Gasteiger partial charge in [0.2, 0.25) is 0 Å². The average Bonchev–Trinajstić information content (AvgIpc) is 2.06. The van der Waals surface area contributed by atoms with Crippen LogP contribution in [0.4, 0.5) is 5.69 Å². The van der Waals surface area contributed by atoms with Gasteiger partial charge in [0.1, 0.15) is 5.75 Å². The molecule has 2 N–H and O–H groups in total. The molecule has 0 aromatic heterocycles. The smallest absolute Gasteiger partial charge is 0.494 e. The minimum absolute atomic E-state index is 0. The average molecular weight is 235 g/mol. The molecule has 0 aliphatic heterocycles. The SMILES string of the molecule is CCC.CCOc1cccc(N)c1.[CH3-].[K+]. The zero-order valence-corrected chi connectivity index (χ0v) is 13.8. The maximum Gasteiger partial charge on any atom is 1.00 e. The Labute approximate surface area is 137 Å². The van der Waals surface area contributed by atoms with Gasteiger partial charge >= 0.3 is 51.4 Å². The molecular formula is C12H22KNO. The van der Waals surface area contributed by atoms with E-state index in [1.165, 1.54) is 6.42 Å². The molecule has 1 rings (SSSR count). The summed E-state index contributed by atoms with van der Waals surface area (Å²) >= 11 is 0. The van der Waals surface area contributed by atoms with Gasteiger partial charge in [-0.25, -0.2) is 0 Å². The summed E-state index contributed by atoms with van der Waals surface area (Å²) < 4.78 is 5.21. The first kappa shape index (κ1) is 20.8. The number of hydrogen-bond donors (Lipinski definition) is 1. The summed E-state index contributed by atoms with van der Waals surface area (Å²) in [4.78, 5) is 0. The Morgan fingerprint density at radius 3 is 2.13 bits per heavy atom. The van der Waals surface area contributed by atoms with Crippen molar-refractivity contribution in [2.24, 2.45) is 0 Å². The van der Waals surface area contributed by atoms with Crippen molar-refractivity contribution < 1.29 is 56.1 Å². The third kappa shape index (κ3) is 12.4. The van der Waals surface area contributed by atoms with Gasteiger partial charge in [0.15, 0.2) is 0 Å². The molecule has 0 amide bonds. The van der Waals surface area contributed by atoms with Crippen molar-refractivity contribution >= 4 is 5.69 Å². The number of nitrogen functional groups attached to an aromatic ring is 1.